The molecule has 1 fully saturated rings. The monoisotopic (exact) mass is 267 g/mol. The number of halogens is 1. The lowest BCUT2D eigenvalue weighted by molar-refractivity contribution is -0.130. The van der Waals surface area contributed by atoms with Crippen molar-refractivity contribution in [3.8, 4) is 0 Å². The number of carbonyl (C=O) groups excluding carboxylic acids is 1. The Bertz CT molecular complexity index is 438. The SMILES string of the molecule is CN1CCCN(c2cccc(Cl)c2)C(CN)C1=O. The second kappa shape index (κ2) is 5.59. The topological polar surface area (TPSA) is 49.6 Å². The zero-order chi connectivity index (χ0) is 13.1. The first kappa shape index (κ1) is 13.2. The molecule has 1 aliphatic heterocycles. The molecule has 18 heavy (non-hydrogen) atoms. The Kier molecular flexibility index (Phi) is 4.09. The maximum atomic E-state index is 12.2. The van der Waals surface area contributed by atoms with E-state index in [0.717, 1.165) is 25.2 Å². The van der Waals surface area contributed by atoms with Gasteiger partial charge in [0.15, 0.2) is 0 Å². The first-order valence-electron chi connectivity index (χ1n) is 6.10. The standard InChI is InChI=1S/C13H18ClN3O/c1-16-6-3-7-17(12(9-15)13(16)18)11-5-2-4-10(14)8-11/h2,4-5,8,12H,3,6-7,9,15H2,1H3. The number of anilines is 1. The molecule has 2 N–H and O–H groups in total. The Morgan fingerprint density at radius 1 is 1.44 bits per heavy atom. The van der Waals surface area contributed by atoms with E-state index in [1.165, 1.54) is 0 Å². The Morgan fingerprint density at radius 3 is 2.89 bits per heavy atom. The number of carbonyl (C=O) groups is 1. The summed E-state index contributed by atoms with van der Waals surface area (Å²) < 4.78 is 0. The van der Waals surface area contributed by atoms with Crippen LogP contribution >= 0.6 is 11.6 Å². The van der Waals surface area contributed by atoms with E-state index in [1.807, 2.05) is 31.3 Å². The highest BCUT2D eigenvalue weighted by atomic mass is 35.5. The van der Waals surface area contributed by atoms with Crippen LogP contribution in [-0.4, -0.2) is 43.5 Å². The highest BCUT2D eigenvalue weighted by Crippen LogP contribution is 2.23. The summed E-state index contributed by atoms with van der Waals surface area (Å²) in [6.45, 7) is 1.90. The number of hydrogen-bond acceptors (Lipinski definition) is 3. The smallest absolute Gasteiger partial charge is 0.246 e. The van der Waals surface area contributed by atoms with Crippen molar-refractivity contribution in [2.45, 2.75) is 12.5 Å². The number of benzene rings is 1. The van der Waals surface area contributed by atoms with Crippen LogP contribution in [0.2, 0.25) is 5.02 Å². The second-order valence-corrected chi connectivity index (χ2v) is 4.97. The van der Waals surface area contributed by atoms with Crippen LogP contribution in [0.15, 0.2) is 24.3 Å². The first-order valence-corrected chi connectivity index (χ1v) is 6.48. The van der Waals surface area contributed by atoms with E-state index < -0.39 is 0 Å². The lowest BCUT2D eigenvalue weighted by atomic mass is 10.2. The Morgan fingerprint density at radius 2 is 2.22 bits per heavy atom. The number of amides is 1. The number of nitrogens with two attached hydrogens (primary N) is 1. The summed E-state index contributed by atoms with van der Waals surface area (Å²) in [7, 11) is 1.83. The van der Waals surface area contributed by atoms with Gasteiger partial charge in [0.1, 0.15) is 6.04 Å². The summed E-state index contributed by atoms with van der Waals surface area (Å²) in [4.78, 5) is 16.0. The molecule has 1 aromatic carbocycles. The van der Waals surface area contributed by atoms with E-state index in [2.05, 4.69) is 4.90 Å². The van der Waals surface area contributed by atoms with Crippen LogP contribution in [0.25, 0.3) is 0 Å². The fourth-order valence-electron chi connectivity index (χ4n) is 2.32. The zero-order valence-corrected chi connectivity index (χ0v) is 11.2. The van der Waals surface area contributed by atoms with Crippen LogP contribution in [0, 0.1) is 0 Å². The Balaban J connectivity index is 2.32. The van der Waals surface area contributed by atoms with Gasteiger partial charge in [-0.3, -0.25) is 4.79 Å². The van der Waals surface area contributed by atoms with Crippen LogP contribution in [0.3, 0.4) is 0 Å². The summed E-state index contributed by atoms with van der Waals surface area (Å²) >= 11 is 6.01. The highest BCUT2D eigenvalue weighted by molar-refractivity contribution is 6.30. The quantitative estimate of drug-likeness (QED) is 0.880. The minimum absolute atomic E-state index is 0.0787. The van der Waals surface area contributed by atoms with Crippen LogP contribution in [-0.2, 0) is 4.79 Å². The lowest BCUT2D eigenvalue weighted by Crippen LogP contribution is -2.49. The van der Waals surface area contributed by atoms with Crippen LogP contribution in [0.4, 0.5) is 5.69 Å². The van der Waals surface area contributed by atoms with Crippen molar-refractivity contribution in [2.24, 2.45) is 5.73 Å². The summed E-state index contributed by atoms with van der Waals surface area (Å²) in [5.74, 6) is 0.0787. The molecule has 1 atom stereocenters. The molecule has 0 saturated carbocycles. The molecule has 1 aromatic rings. The van der Waals surface area contributed by atoms with E-state index in [1.54, 1.807) is 4.90 Å². The molecule has 1 amide bonds. The molecular formula is C13H18ClN3O. The molecule has 1 heterocycles. The summed E-state index contributed by atoms with van der Waals surface area (Å²) in [5, 5.41) is 0.674. The second-order valence-electron chi connectivity index (χ2n) is 4.54. The third kappa shape index (κ3) is 2.60. The molecule has 0 aromatic heterocycles. The third-order valence-corrected chi connectivity index (χ3v) is 3.53. The average Bonchev–Trinajstić information content (AvgIpc) is 2.50. The fraction of sp³-hybridized carbons (Fsp3) is 0.462. The van der Waals surface area contributed by atoms with E-state index >= 15 is 0 Å². The van der Waals surface area contributed by atoms with Gasteiger partial charge in [-0.1, -0.05) is 17.7 Å². The molecule has 0 spiro atoms. The number of nitrogens with zero attached hydrogens (tertiary/aromatic N) is 2. The van der Waals surface area contributed by atoms with Crippen LogP contribution < -0.4 is 10.6 Å². The summed E-state index contributed by atoms with van der Waals surface area (Å²) in [6, 6.07) is 7.27. The Hall–Kier alpha value is -1.26. The van der Waals surface area contributed by atoms with Gasteiger partial charge in [-0.15, -0.1) is 0 Å². The summed E-state index contributed by atoms with van der Waals surface area (Å²) in [6.07, 6.45) is 0.936. The number of hydrogen-bond donors (Lipinski definition) is 1. The van der Waals surface area contributed by atoms with E-state index in [4.69, 9.17) is 17.3 Å². The van der Waals surface area contributed by atoms with E-state index in [-0.39, 0.29) is 11.9 Å². The fourth-order valence-corrected chi connectivity index (χ4v) is 2.51. The predicted octanol–water partition coefficient (Wildman–Crippen LogP) is 1.34. The van der Waals surface area contributed by atoms with Crippen molar-refractivity contribution in [2.75, 3.05) is 31.6 Å². The van der Waals surface area contributed by atoms with Gasteiger partial charge in [0, 0.05) is 37.4 Å². The molecule has 4 nitrogen and oxygen atoms in total. The van der Waals surface area contributed by atoms with Crippen LogP contribution in [0.5, 0.6) is 0 Å². The minimum atomic E-state index is -0.295. The predicted molar refractivity (Wildman–Crippen MR) is 73.9 cm³/mol. The van der Waals surface area contributed by atoms with Crippen molar-refractivity contribution >= 4 is 23.2 Å². The van der Waals surface area contributed by atoms with Crippen molar-refractivity contribution in [3.63, 3.8) is 0 Å². The molecule has 1 aliphatic rings. The normalized spacial score (nSPS) is 21.1. The summed E-state index contributed by atoms with van der Waals surface area (Å²) in [5.41, 5.74) is 6.73. The molecule has 0 bridgehead atoms. The zero-order valence-electron chi connectivity index (χ0n) is 10.5. The average molecular weight is 268 g/mol. The largest absolute Gasteiger partial charge is 0.358 e. The number of likely N-dealkylation sites (N-methyl/N-ethyl adjacent to an activating group) is 1. The molecule has 98 valence electrons. The van der Waals surface area contributed by atoms with E-state index in [9.17, 15) is 4.79 Å². The highest BCUT2D eigenvalue weighted by Gasteiger charge is 2.30. The maximum absolute atomic E-state index is 12.2. The molecule has 5 heteroatoms. The molecule has 0 aliphatic carbocycles. The Labute approximate surface area is 112 Å². The van der Waals surface area contributed by atoms with Gasteiger partial charge in [0.05, 0.1) is 0 Å². The van der Waals surface area contributed by atoms with Crippen LogP contribution in [0.1, 0.15) is 6.42 Å². The van der Waals surface area contributed by atoms with Gasteiger partial charge < -0.3 is 15.5 Å². The van der Waals surface area contributed by atoms with Crippen molar-refractivity contribution in [1.82, 2.24) is 4.90 Å². The van der Waals surface area contributed by atoms with Gasteiger partial charge in [0.25, 0.3) is 0 Å². The van der Waals surface area contributed by atoms with Crippen molar-refractivity contribution in [1.29, 1.82) is 0 Å². The van der Waals surface area contributed by atoms with Crippen molar-refractivity contribution in [3.05, 3.63) is 29.3 Å². The van der Waals surface area contributed by atoms with Gasteiger partial charge in [-0.05, 0) is 24.6 Å². The number of rotatable bonds is 2. The first-order chi connectivity index (χ1) is 8.63. The van der Waals surface area contributed by atoms with Crippen molar-refractivity contribution < 1.29 is 4.79 Å². The van der Waals surface area contributed by atoms with Gasteiger partial charge in [-0.25, -0.2) is 0 Å². The lowest BCUT2D eigenvalue weighted by Gasteiger charge is -2.30. The van der Waals surface area contributed by atoms with Gasteiger partial charge in [0.2, 0.25) is 5.91 Å². The maximum Gasteiger partial charge on any atom is 0.246 e. The minimum Gasteiger partial charge on any atom is -0.358 e. The molecular weight excluding hydrogens is 250 g/mol. The molecule has 2 rings (SSSR count). The van der Waals surface area contributed by atoms with Gasteiger partial charge >= 0.3 is 0 Å². The molecule has 1 saturated heterocycles. The molecule has 1 unspecified atom stereocenters. The third-order valence-electron chi connectivity index (χ3n) is 3.29. The van der Waals surface area contributed by atoms with E-state index in [0.29, 0.717) is 11.6 Å². The molecule has 0 radical (unpaired) electrons. The van der Waals surface area contributed by atoms with Gasteiger partial charge in [-0.2, -0.15) is 0 Å².